The summed E-state index contributed by atoms with van der Waals surface area (Å²) >= 11 is 1.93. The number of thioether (sulfide) groups is 1. The number of rotatable bonds is 4. The second-order valence-electron chi connectivity index (χ2n) is 6.27. The van der Waals surface area contributed by atoms with Crippen molar-refractivity contribution in [3.8, 4) is 0 Å². The van der Waals surface area contributed by atoms with E-state index in [2.05, 4.69) is 15.0 Å². The molecule has 0 aromatic carbocycles. The molecule has 2 aromatic heterocycles. The molecule has 0 unspecified atom stereocenters. The number of aromatic nitrogens is 4. The number of imidazole rings is 1. The highest BCUT2D eigenvalue weighted by molar-refractivity contribution is 7.99. The molecule has 0 spiro atoms. The summed E-state index contributed by atoms with van der Waals surface area (Å²) in [6.07, 6.45) is 1.45. The molecule has 2 fully saturated rings. The van der Waals surface area contributed by atoms with Gasteiger partial charge in [-0.05, 0) is 24.3 Å². The first-order valence-electron chi connectivity index (χ1n) is 8.29. The topological polar surface area (TPSA) is 129 Å². The molecule has 0 amide bonds. The monoisotopic (exact) mass is 367 g/mol. The van der Waals surface area contributed by atoms with Crippen LogP contribution in [-0.2, 0) is 9.47 Å². The third-order valence-corrected chi connectivity index (χ3v) is 5.71. The summed E-state index contributed by atoms with van der Waals surface area (Å²) in [7, 11) is 0. The van der Waals surface area contributed by atoms with E-state index in [1.54, 1.807) is 4.57 Å². The molecule has 4 rings (SSSR count). The van der Waals surface area contributed by atoms with Gasteiger partial charge in [0.15, 0.2) is 17.7 Å². The quantitative estimate of drug-likeness (QED) is 0.680. The summed E-state index contributed by atoms with van der Waals surface area (Å²) in [5.41, 5.74) is 6.68. The highest BCUT2D eigenvalue weighted by atomic mass is 32.2. The molecule has 2 saturated heterocycles. The highest BCUT2D eigenvalue weighted by Crippen LogP contribution is 2.32. The van der Waals surface area contributed by atoms with Crippen molar-refractivity contribution in [1.82, 2.24) is 19.5 Å². The first kappa shape index (κ1) is 17.0. The lowest BCUT2D eigenvalue weighted by molar-refractivity contribution is -0.0818. The van der Waals surface area contributed by atoms with Crippen LogP contribution in [0.15, 0.2) is 12.7 Å². The summed E-state index contributed by atoms with van der Waals surface area (Å²) in [5.74, 6) is 2.44. The van der Waals surface area contributed by atoms with E-state index in [-0.39, 0.29) is 18.5 Å². The van der Waals surface area contributed by atoms with Gasteiger partial charge in [-0.1, -0.05) is 0 Å². The molecular formula is C15H21N5O4S. The molecule has 4 atom stereocenters. The SMILES string of the molecule is Nc1ncnc2c1ncn2[C@@H]1O[C@H](COC2CCSCC2)[C@@H](O)[C@H]1O. The smallest absolute Gasteiger partial charge is 0.167 e. The predicted octanol–water partition coefficient (Wildman–Crippen LogP) is -0.0601. The van der Waals surface area contributed by atoms with Gasteiger partial charge in [0.2, 0.25) is 0 Å². The molecule has 2 aromatic rings. The zero-order valence-electron chi connectivity index (χ0n) is 13.6. The molecule has 136 valence electrons. The van der Waals surface area contributed by atoms with Crippen molar-refractivity contribution in [3.63, 3.8) is 0 Å². The zero-order valence-corrected chi connectivity index (χ0v) is 14.4. The summed E-state index contributed by atoms with van der Waals surface area (Å²) < 4.78 is 13.3. The van der Waals surface area contributed by atoms with Gasteiger partial charge in [-0.3, -0.25) is 4.57 Å². The molecule has 4 N–H and O–H groups in total. The number of nitrogens with zero attached hydrogens (tertiary/aromatic N) is 4. The average Bonchev–Trinajstić information content (AvgIpc) is 3.18. The molecule has 9 nitrogen and oxygen atoms in total. The van der Waals surface area contributed by atoms with Gasteiger partial charge in [0.05, 0.1) is 19.0 Å². The number of aliphatic hydroxyl groups excluding tert-OH is 2. The number of fused-ring (bicyclic) bond motifs is 1. The van der Waals surface area contributed by atoms with Gasteiger partial charge >= 0.3 is 0 Å². The van der Waals surface area contributed by atoms with Crippen molar-refractivity contribution in [3.05, 3.63) is 12.7 Å². The second kappa shape index (κ2) is 7.04. The molecule has 2 aliphatic rings. The van der Waals surface area contributed by atoms with E-state index in [0.717, 1.165) is 24.3 Å². The van der Waals surface area contributed by atoms with Gasteiger partial charge in [0.25, 0.3) is 0 Å². The normalized spacial score (nSPS) is 31.0. The van der Waals surface area contributed by atoms with Crippen molar-refractivity contribution < 1.29 is 19.7 Å². The Kier molecular flexibility index (Phi) is 4.78. The van der Waals surface area contributed by atoms with Gasteiger partial charge in [-0.25, -0.2) is 15.0 Å². The molecule has 2 aliphatic heterocycles. The van der Waals surface area contributed by atoms with Crippen LogP contribution in [0.2, 0.25) is 0 Å². The van der Waals surface area contributed by atoms with Gasteiger partial charge in [-0.15, -0.1) is 0 Å². The number of hydrogen-bond donors (Lipinski definition) is 3. The Balaban J connectivity index is 1.48. The maximum absolute atomic E-state index is 10.4. The van der Waals surface area contributed by atoms with Crippen LogP contribution in [0.5, 0.6) is 0 Å². The summed E-state index contributed by atoms with van der Waals surface area (Å²) in [6, 6.07) is 0. The third kappa shape index (κ3) is 3.20. The molecule has 0 radical (unpaired) electrons. The van der Waals surface area contributed by atoms with Gasteiger partial charge in [-0.2, -0.15) is 11.8 Å². The van der Waals surface area contributed by atoms with Crippen LogP contribution in [0.3, 0.4) is 0 Å². The Morgan fingerprint density at radius 1 is 1.24 bits per heavy atom. The second-order valence-corrected chi connectivity index (χ2v) is 7.50. The van der Waals surface area contributed by atoms with E-state index < -0.39 is 24.5 Å². The van der Waals surface area contributed by atoms with Crippen LogP contribution in [0, 0.1) is 0 Å². The largest absolute Gasteiger partial charge is 0.387 e. The molecule has 0 saturated carbocycles. The third-order valence-electron chi connectivity index (χ3n) is 4.66. The first-order valence-corrected chi connectivity index (χ1v) is 9.44. The molecule has 10 heteroatoms. The van der Waals surface area contributed by atoms with E-state index in [1.165, 1.54) is 12.7 Å². The van der Waals surface area contributed by atoms with Crippen LogP contribution in [0.25, 0.3) is 11.2 Å². The molecule has 0 bridgehead atoms. The van der Waals surface area contributed by atoms with Crippen LogP contribution in [0.4, 0.5) is 5.82 Å². The lowest BCUT2D eigenvalue weighted by Crippen LogP contribution is -2.35. The summed E-state index contributed by atoms with van der Waals surface area (Å²) in [6.45, 7) is 0.244. The Bertz CT molecular complexity index is 738. The summed E-state index contributed by atoms with van der Waals surface area (Å²) in [4.78, 5) is 12.2. The lowest BCUT2D eigenvalue weighted by Gasteiger charge is -2.24. The van der Waals surface area contributed by atoms with Gasteiger partial charge in [0, 0.05) is 0 Å². The Morgan fingerprint density at radius 2 is 2.04 bits per heavy atom. The van der Waals surface area contributed by atoms with E-state index in [0.29, 0.717) is 11.2 Å². The van der Waals surface area contributed by atoms with Gasteiger partial charge in [0.1, 0.15) is 30.2 Å². The Hall–Kier alpha value is -1.46. The predicted molar refractivity (Wildman–Crippen MR) is 92.0 cm³/mol. The minimum Gasteiger partial charge on any atom is -0.387 e. The highest BCUT2D eigenvalue weighted by Gasteiger charge is 2.44. The Labute approximate surface area is 148 Å². The minimum atomic E-state index is -1.11. The summed E-state index contributed by atoms with van der Waals surface area (Å²) in [5, 5.41) is 20.7. The van der Waals surface area contributed by atoms with Crippen LogP contribution >= 0.6 is 11.8 Å². The molecule has 4 heterocycles. The maximum Gasteiger partial charge on any atom is 0.167 e. The van der Waals surface area contributed by atoms with E-state index in [4.69, 9.17) is 15.2 Å². The fraction of sp³-hybridized carbons (Fsp3) is 0.667. The standard InChI is InChI=1S/C15H21N5O4S/c16-13-10-14(18-6-17-13)20(7-19-10)15-12(22)11(21)9(24-15)5-23-8-1-3-25-4-2-8/h6-9,11-12,15,21-22H,1-5H2,(H2,16,17,18)/t9-,11-,12-,15-/m1/s1. The first-order chi connectivity index (χ1) is 12.1. The molecular weight excluding hydrogens is 346 g/mol. The maximum atomic E-state index is 10.4. The average molecular weight is 367 g/mol. The number of anilines is 1. The van der Waals surface area contributed by atoms with Crippen molar-refractivity contribution >= 4 is 28.7 Å². The number of ether oxygens (including phenoxy) is 2. The fourth-order valence-corrected chi connectivity index (χ4v) is 4.29. The van der Waals surface area contributed by atoms with E-state index in [9.17, 15) is 10.2 Å². The van der Waals surface area contributed by atoms with Crippen LogP contribution in [0.1, 0.15) is 19.1 Å². The van der Waals surface area contributed by atoms with Crippen molar-refractivity contribution in [2.75, 3.05) is 23.8 Å². The van der Waals surface area contributed by atoms with Crippen molar-refractivity contribution in [2.45, 2.75) is 43.5 Å². The fourth-order valence-electron chi connectivity index (χ4n) is 3.23. The zero-order chi connectivity index (χ0) is 17.4. The number of hydrogen-bond acceptors (Lipinski definition) is 9. The van der Waals surface area contributed by atoms with E-state index in [1.807, 2.05) is 11.8 Å². The number of aliphatic hydroxyl groups is 2. The van der Waals surface area contributed by atoms with Gasteiger partial charge < -0.3 is 25.4 Å². The van der Waals surface area contributed by atoms with Crippen LogP contribution in [-0.4, -0.2) is 72.3 Å². The number of nitrogen functional groups attached to an aromatic ring is 1. The van der Waals surface area contributed by atoms with Crippen molar-refractivity contribution in [1.29, 1.82) is 0 Å². The van der Waals surface area contributed by atoms with E-state index >= 15 is 0 Å². The lowest BCUT2D eigenvalue weighted by atomic mass is 10.1. The Morgan fingerprint density at radius 3 is 2.84 bits per heavy atom. The van der Waals surface area contributed by atoms with Crippen molar-refractivity contribution in [2.24, 2.45) is 0 Å². The molecule has 25 heavy (non-hydrogen) atoms. The number of nitrogens with two attached hydrogens (primary N) is 1. The minimum absolute atomic E-state index is 0.190. The molecule has 0 aliphatic carbocycles. The van der Waals surface area contributed by atoms with Crippen LogP contribution < -0.4 is 5.73 Å².